The van der Waals surface area contributed by atoms with Crippen LogP contribution in [0.5, 0.6) is 0 Å². The van der Waals surface area contributed by atoms with Crippen molar-refractivity contribution in [2.45, 2.75) is 32.4 Å². The first kappa shape index (κ1) is 16.5. The number of benzene rings is 1. The second-order valence-corrected chi connectivity index (χ2v) is 5.98. The quantitative estimate of drug-likeness (QED) is 0.856. The number of methoxy groups -OCH3 is 1. The van der Waals surface area contributed by atoms with E-state index in [1.807, 2.05) is 6.07 Å². The van der Waals surface area contributed by atoms with Crippen LogP contribution in [0.3, 0.4) is 0 Å². The van der Waals surface area contributed by atoms with E-state index in [0.29, 0.717) is 10.0 Å². The van der Waals surface area contributed by atoms with Crippen LogP contribution in [-0.2, 0) is 14.3 Å². The maximum atomic E-state index is 11.9. The van der Waals surface area contributed by atoms with Crippen LogP contribution >= 0.6 is 15.9 Å². The Labute approximate surface area is 126 Å². The van der Waals surface area contributed by atoms with Gasteiger partial charge < -0.3 is 14.8 Å². The van der Waals surface area contributed by atoms with Crippen molar-refractivity contribution in [1.29, 1.82) is 0 Å². The van der Waals surface area contributed by atoms with Crippen LogP contribution in [-0.4, -0.2) is 24.8 Å². The van der Waals surface area contributed by atoms with Gasteiger partial charge in [-0.25, -0.2) is 9.59 Å². The Morgan fingerprint density at radius 2 is 1.85 bits per heavy atom. The first-order valence-electron chi connectivity index (χ1n) is 6.06. The van der Waals surface area contributed by atoms with Gasteiger partial charge in [0.25, 0.3) is 0 Å². The summed E-state index contributed by atoms with van der Waals surface area (Å²) < 4.78 is 10.6. The Morgan fingerprint density at radius 3 is 2.35 bits per heavy atom. The Hall–Kier alpha value is -1.56. The molecule has 0 aliphatic carbocycles. The zero-order valence-corrected chi connectivity index (χ0v) is 13.5. The third-order valence-corrected chi connectivity index (χ3v) is 3.04. The molecular weight excluding hydrogens is 326 g/mol. The maximum Gasteiger partial charge on any atom is 0.408 e. The number of carbonyl (C=O) groups excluding carboxylic acids is 2. The summed E-state index contributed by atoms with van der Waals surface area (Å²) in [6.07, 6.45) is -0.677. The lowest BCUT2D eigenvalue weighted by molar-refractivity contribution is -0.143. The molecule has 110 valence electrons. The number of rotatable bonds is 3. The van der Waals surface area contributed by atoms with Crippen LogP contribution in [0.4, 0.5) is 4.79 Å². The van der Waals surface area contributed by atoms with Gasteiger partial charge >= 0.3 is 12.1 Å². The van der Waals surface area contributed by atoms with Crippen LogP contribution in [0.2, 0.25) is 0 Å². The minimum absolute atomic E-state index is 0.567. The van der Waals surface area contributed by atoms with Crippen LogP contribution in [0.15, 0.2) is 28.7 Å². The third kappa shape index (κ3) is 4.85. The van der Waals surface area contributed by atoms with Gasteiger partial charge in [-0.3, -0.25) is 0 Å². The summed E-state index contributed by atoms with van der Waals surface area (Å²) in [5, 5.41) is 2.52. The number of ether oxygens (including phenoxy) is 2. The van der Waals surface area contributed by atoms with Gasteiger partial charge in [-0.1, -0.05) is 34.1 Å². The average Bonchev–Trinajstić information content (AvgIpc) is 2.34. The van der Waals surface area contributed by atoms with Crippen molar-refractivity contribution in [3.8, 4) is 0 Å². The van der Waals surface area contributed by atoms with Gasteiger partial charge in [0.1, 0.15) is 5.60 Å². The van der Waals surface area contributed by atoms with E-state index < -0.39 is 23.7 Å². The number of hydrogen-bond acceptors (Lipinski definition) is 4. The summed E-state index contributed by atoms with van der Waals surface area (Å²) in [5.41, 5.74) is -0.0382. The second kappa shape index (κ2) is 6.74. The molecule has 0 aliphatic heterocycles. The summed E-state index contributed by atoms with van der Waals surface area (Å²) in [6, 6.07) is 6.17. The number of alkyl carbamates (subject to hydrolysis) is 1. The van der Waals surface area contributed by atoms with Crippen molar-refractivity contribution >= 4 is 28.0 Å². The Bertz CT molecular complexity index is 496. The molecule has 0 fully saturated rings. The summed E-state index contributed by atoms with van der Waals surface area (Å²) in [4.78, 5) is 23.7. The fraction of sp³-hybridized carbons (Fsp3) is 0.429. The molecule has 1 atom stereocenters. The van der Waals surface area contributed by atoms with Crippen LogP contribution in [0, 0.1) is 0 Å². The van der Waals surface area contributed by atoms with Gasteiger partial charge in [0.15, 0.2) is 6.04 Å². The first-order valence-corrected chi connectivity index (χ1v) is 6.85. The van der Waals surface area contributed by atoms with Gasteiger partial charge in [-0.15, -0.1) is 0 Å². The third-order valence-electron chi connectivity index (χ3n) is 2.31. The molecular formula is C14H18BrNO4. The molecule has 0 spiro atoms. The zero-order valence-electron chi connectivity index (χ0n) is 11.9. The van der Waals surface area contributed by atoms with E-state index in [-0.39, 0.29) is 0 Å². The summed E-state index contributed by atoms with van der Waals surface area (Å²) >= 11 is 3.35. The van der Waals surface area contributed by atoms with Crippen molar-refractivity contribution < 1.29 is 19.1 Å². The van der Waals surface area contributed by atoms with Gasteiger partial charge in [0, 0.05) is 4.47 Å². The van der Waals surface area contributed by atoms with Gasteiger partial charge in [0.2, 0.25) is 0 Å². The maximum absolute atomic E-state index is 11.9. The van der Waals surface area contributed by atoms with Crippen molar-refractivity contribution in [3.63, 3.8) is 0 Å². The monoisotopic (exact) mass is 343 g/mol. The van der Waals surface area contributed by atoms with Crippen molar-refractivity contribution in [3.05, 3.63) is 34.3 Å². The molecule has 0 aromatic heterocycles. The predicted octanol–water partition coefficient (Wildman–Crippen LogP) is 3.19. The normalized spacial score (nSPS) is 12.4. The minimum atomic E-state index is -0.926. The SMILES string of the molecule is COC(=O)C(NC(=O)OC(C)(C)C)c1ccccc1Br. The van der Waals surface area contributed by atoms with Crippen LogP contribution in [0.25, 0.3) is 0 Å². The summed E-state index contributed by atoms with van der Waals surface area (Å²) in [6.45, 7) is 5.24. The molecule has 1 N–H and O–H groups in total. The Balaban J connectivity index is 2.95. The smallest absolute Gasteiger partial charge is 0.408 e. The molecule has 0 saturated heterocycles. The lowest BCUT2D eigenvalue weighted by atomic mass is 10.1. The molecule has 1 amide bonds. The number of nitrogens with one attached hydrogen (secondary N) is 1. The summed E-state index contributed by atoms with van der Waals surface area (Å²) in [7, 11) is 1.27. The lowest BCUT2D eigenvalue weighted by Gasteiger charge is -2.23. The summed E-state index contributed by atoms with van der Waals surface area (Å²) in [5.74, 6) is -0.567. The fourth-order valence-corrected chi connectivity index (χ4v) is 2.03. The van der Waals surface area contributed by atoms with Crippen molar-refractivity contribution in [1.82, 2.24) is 5.32 Å². The van der Waals surface area contributed by atoms with E-state index >= 15 is 0 Å². The molecule has 1 aromatic rings. The van der Waals surface area contributed by atoms with Crippen LogP contribution in [0.1, 0.15) is 32.4 Å². The molecule has 0 radical (unpaired) electrons. The number of esters is 1. The molecule has 1 rings (SSSR count). The topological polar surface area (TPSA) is 64.6 Å². The molecule has 0 aliphatic rings. The fourth-order valence-electron chi connectivity index (χ4n) is 1.52. The highest BCUT2D eigenvalue weighted by molar-refractivity contribution is 9.10. The molecule has 1 unspecified atom stereocenters. The largest absolute Gasteiger partial charge is 0.467 e. The van der Waals surface area contributed by atoms with E-state index in [4.69, 9.17) is 9.47 Å². The number of hydrogen-bond donors (Lipinski definition) is 1. The van der Waals surface area contributed by atoms with Gasteiger partial charge in [0.05, 0.1) is 7.11 Å². The van der Waals surface area contributed by atoms with Crippen molar-refractivity contribution in [2.75, 3.05) is 7.11 Å². The number of halogens is 1. The number of carbonyl (C=O) groups is 2. The zero-order chi connectivity index (χ0) is 15.3. The first-order chi connectivity index (χ1) is 9.24. The van der Waals surface area contributed by atoms with E-state index in [9.17, 15) is 9.59 Å². The van der Waals surface area contributed by atoms with E-state index in [1.165, 1.54) is 7.11 Å². The number of amides is 1. The van der Waals surface area contributed by atoms with Gasteiger partial charge in [-0.2, -0.15) is 0 Å². The Kier molecular flexibility index (Phi) is 5.56. The van der Waals surface area contributed by atoms with E-state index in [0.717, 1.165) is 0 Å². The van der Waals surface area contributed by atoms with E-state index in [2.05, 4.69) is 21.2 Å². The molecule has 0 heterocycles. The minimum Gasteiger partial charge on any atom is -0.467 e. The highest BCUT2D eigenvalue weighted by Gasteiger charge is 2.27. The molecule has 5 nitrogen and oxygen atoms in total. The molecule has 20 heavy (non-hydrogen) atoms. The lowest BCUT2D eigenvalue weighted by Crippen LogP contribution is -2.38. The standard InChI is InChI=1S/C14H18BrNO4/c1-14(2,3)20-13(18)16-11(12(17)19-4)9-7-5-6-8-10(9)15/h5-8,11H,1-4H3,(H,16,18). The van der Waals surface area contributed by atoms with Gasteiger partial charge in [-0.05, 0) is 32.4 Å². The molecule has 1 aromatic carbocycles. The molecule has 0 saturated carbocycles. The highest BCUT2D eigenvalue weighted by atomic mass is 79.9. The van der Waals surface area contributed by atoms with E-state index in [1.54, 1.807) is 39.0 Å². The molecule has 6 heteroatoms. The molecule has 0 bridgehead atoms. The second-order valence-electron chi connectivity index (χ2n) is 5.12. The predicted molar refractivity (Wildman–Crippen MR) is 78.3 cm³/mol. The van der Waals surface area contributed by atoms with Crippen LogP contribution < -0.4 is 5.32 Å². The Morgan fingerprint density at radius 1 is 1.25 bits per heavy atom. The average molecular weight is 344 g/mol. The van der Waals surface area contributed by atoms with Crippen molar-refractivity contribution in [2.24, 2.45) is 0 Å². The highest BCUT2D eigenvalue weighted by Crippen LogP contribution is 2.24.